The van der Waals surface area contributed by atoms with Crippen LogP contribution in [0.3, 0.4) is 0 Å². The predicted molar refractivity (Wildman–Crippen MR) is 69.9 cm³/mol. The predicted octanol–water partition coefficient (Wildman–Crippen LogP) is 2.85. The van der Waals surface area contributed by atoms with Crippen molar-refractivity contribution in [3.05, 3.63) is 34.7 Å². The Hall–Kier alpha value is -1.22. The third-order valence-electron chi connectivity index (χ3n) is 3.44. The number of aryl methyl sites for hydroxylation is 2. The third kappa shape index (κ3) is 2.72. The minimum atomic E-state index is 0.310. The molecule has 0 saturated heterocycles. The molecular formula is C14H21N3. The molecule has 17 heavy (non-hydrogen) atoms. The molecule has 1 aromatic rings. The highest BCUT2D eigenvalue weighted by atomic mass is 15.1. The van der Waals surface area contributed by atoms with Gasteiger partial charge in [-0.05, 0) is 58.2 Å². The van der Waals surface area contributed by atoms with Crippen molar-refractivity contribution in [2.75, 3.05) is 7.05 Å². The van der Waals surface area contributed by atoms with Gasteiger partial charge in [-0.15, -0.1) is 0 Å². The number of hydrogen-bond donors (Lipinski definition) is 1. The summed E-state index contributed by atoms with van der Waals surface area (Å²) in [5.41, 5.74) is 4.80. The van der Waals surface area contributed by atoms with E-state index >= 15 is 0 Å². The van der Waals surface area contributed by atoms with Crippen LogP contribution in [0, 0.1) is 13.8 Å². The fourth-order valence-corrected chi connectivity index (χ4v) is 2.53. The van der Waals surface area contributed by atoms with Crippen molar-refractivity contribution >= 4 is 0 Å². The molecule has 1 unspecified atom stereocenters. The molecule has 1 heterocycles. The van der Waals surface area contributed by atoms with Crippen molar-refractivity contribution in [3.8, 4) is 0 Å². The molecule has 0 saturated carbocycles. The first-order chi connectivity index (χ1) is 8.22. The molecule has 0 aromatic carbocycles. The van der Waals surface area contributed by atoms with Crippen molar-refractivity contribution < 1.29 is 0 Å². The normalized spacial score (nSPS) is 17.7. The van der Waals surface area contributed by atoms with Gasteiger partial charge in [0.2, 0.25) is 0 Å². The van der Waals surface area contributed by atoms with Crippen LogP contribution in [0.1, 0.15) is 48.7 Å². The number of allylic oxidation sites excluding steroid dienone is 1. The summed E-state index contributed by atoms with van der Waals surface area (Å²) >= 11 is 0. The Morgan fingerprint density at radius 3 is 2.71 bits per heavy atom. The lowest BCUT2D eigenvalue weighted by molar-refractivity contribution is 0.587. The molecule has 0 spiro atoms. The first-order valence-corrected chi connectivity index (χ1v) is 6.39. The van der Waals surface area contributed by atoms with E-state index in [1.807, 2.05) is 20.9 Å². The van der Waals surface area contributed by atoms with Crippen LogP contribution in [0.25, 0.3) is 0 Å². The quantitative estimate of drug-likeness (QED) is 0.813. The van der Waals surface area contributed by atoms with Gasteiger partial charge in [0.1, 0.15) is 0 Å². The minimum Gasteiger partial charge on any atom is -0.310 e. The highest BCUT2D eigenvalue weighted by Gasteiger charge is 2.19. The van der Waals surface area contributed by atoms with Gasteiger partial charge in [0.05, 0.1) is 17.4 Å². The van der Waals surface area contributed by atoms with E-state index in [1.165, 1.54) is 36.8 Å². The van der Waals surface area contributed by atoms with Gasteiger partial charge in [-0.25, -0.2) is 0 Å². The summed E-state index contributed by atoms with van der Waals surface area (Å²) in [6.45, 7) is 4.04. The first kappa shape index (κ1) is 12.2. The van der Waals surface area contributed by atoms with Crippen molar-refractivity contribution in [2.45, 2.75) is 45.6 Å². The van der Waals surface area contributed by atoms with Crippen molar-refractivity contribution in [1.82, 2.24) is 15.5 Å². The molecule has 0 fully saturated rings. The fourth-order valence-electron chi connectivity index (χ4n) is 2.53. The van der Waals surface area contributed by atoms with Crippen LogP contribution in [0.5, 0.6) is 0 Å². The van der Waals surface area contributed by atoms with Crippen molar-refractivity contribution in [2.24, 2.45) is 0 Å². The van der Waals surface area contributed by atoms with Crippen LogP contribution >= 0.6 is 0 Å². The summed E-state index contributed by atoms with van der Waals surface area (Å²) in [5.74, 6) is 0. The summed E-state index contributed by atoms with van der Waals surface area (Å²) in [5, 5.41) is 11.7. The molecular weight excluding hydrogens is 210 g/mol. The minimum absolute atomic E-state index is 0.310. The van der Waals surface area contributed by atoms with E-state index in [2.05, 4.69) is 27.7 Å². The summed E-state index contributed by atoms with van der Waals surface area (Å²) in [4.78, 5) is 0. The molecule has 1 aliphatic rings. The van der Waals surface area contributed by atoms with E-state index in [0.29, 0.717) is 6.04 Å². The zero-order valence-corrected chi connectivity index (χ0v) is 11.0. The van der Waals surface area contributed by atoms with Crippen LogP contribution in [0.4, 0.5) is 0 Å². The van der Waals surface area contributed by atoms with Crippen LogP contribution in [-0.4, -0.2) is 17.2 Å². The summed E-state index contributed by atoms with van der Waals surface area (Å²) in [6, 6.07) is 2.46. The number of hydrogen-bond acceptors (Lipinski definition) is 3. The number of likely N-dealkylation sites (N-methyl/N-ethyl adjacent to an activating group) is 1. The van der Waals surface area contributed by atoms with Gasteiger partial charge in [-0.3, -0.25) is 0 Å². The SMILES string of the molecule is CNC(C1=CCCCC1)c1cc(C)nnc1C. The highest BCUT2D eigenvalue weighted by molar-refractivity contribution is 5.32. The van der Waals surface area contributed by atoms with Gasteiger partial charge in [-0.1, -0.05) is 11.6 Å². The third-order valence-corrected chi connectivity index (χ3v) is 3.44. The molecule has 2 rings (SSSR count). The molecule has 1 N–H and O–H groups in total. The van der Waals surface area contributed by atoms with Crippen LogP contribution < -0.4 is 5.32 Å². The van der Waals surface area contributed by atoms with Crippen molar-refractivity contribution in [1.29, 1.82) is 0 Å². The number of nitrogens with zero attached hydrogens (tertiary/aromatic N) is 2. The topological polar surface area (TPSA) is 37.8 Å². The second kappa shape index (κ2) is 5.41. The molecule has 1 atom stereocenters. The molecule has 3 heteroatoms. The summed E-state index contributed by atoms with van der Waals surface area (Å²) in [6.07, 6.45) is 7.43. The van der Waals surface area contributed by atoms with E-state index in [-0.39, 0.29) is 0 Å². The maximum Gasteiger partial charge on any atom is 0.0651 e. The van der Waals surface area contributed by atoms with Crippen LogP contribution in [-0.2, 0) is 0 Å². The van der Waals surface area contributed by atoms with E-state index in [0.717, 1.165) is 11.4 Å². The summed E-state index contributed by atoms with van der Waals surface area (Å²) < 4.78 is 0. The second-order valence-electron chi connectivity index (χ2n) is 4.77. The van der Waals surface area contributed by atoms with E-state index < -0.39 is 0 Å². The smallest absolute Gasteiger partial charge is 0.0651 e. The van der Waals surface area contributed by atoms with E-state index in [4.69, 9.17) is 0 Å². The zero-order chi connectivity index (χ0) is 12.3. The molecule has 1 aromatic heterocycles. The van der Waals surface area contributed by atoms with Gasteiger partial charge in [-0.2, -0.15) is 10.2 Å². The van der Waals surface area contributed by atoms with E-state index in [1.54, 1.807) is 0 Å². The highest BCUT2D eigenvalue weighted by Crippen LogP contribution is 2.30. The standard InChI is InChI=1S/C14H21N3/c1-10-9-13(11(2)17-16-10)14(15-3)12-7-5-4-6-8-12/h7,9,14-15H,4-6,8H2,1-3H3. The Morgan fingerprint density at radius 1 is 1.24 bits per heavy atom. The Bertz CT molecular complexity index is 423. The Balaban J connectivity index is 2.34. The van der Waals surface area contributed by atoms with Gasteiger partial charge in [0.25, 0.3) is 0 Å². The molecule has 0 amide bonds. The van der Waals surface area contributed by atoms with Gasteiger partial charge in [0.15, 0.2) is 0 Å². The Kier molecular flexibility index (Phi) is 3.89. The first-order valence-electron chi connectivity index (χ1n) is 6.39. The molecule has 92 valence electrons. The zero-order valence-electron chi connectivity index (χ0n) is 11.0. The molecule has 0 aliphatic heterocycles. The lowest BCUT2D eigenvalue weighted by Gasteiger charge is -2.24. The van der Waals surface area contributed by atoms with Gasteiger partial charge >= 0.3 is 0 Å². The van der Waals surface area contributed by atoms with E-state index in [9.17, 15) is 0 Å². The molecule has 0 bridgehead atoms. The number of rotatable bonds is 3. The average Bonchev–Trinajstić information content (AvgIpc) is 2.36. The molecule has 1 aliphatic carbocycles. The van der Waals surface area contributed by atoms with Crippen LogP contribution in [0.15, 0.2) is 17.7 Å². The number of aromatic nitrogens is 2. The summed E-state index contributed by atoms with van der Waals surface area (Å²) in [7, 11) is 2.02. The maximum absolute atomic E-state index is 4.23. The van der Waals surface area contributed by atoms with Gasteiger partial charge < -0.3 is 5.32 Å². The number of nitrogens with one attached hydrogen (secondary N) is 1. The second-order valence-corrected chi connectivity index (χ2v) is 4.77. The fraction of sp³-hybridized carbons (Fsp3) is 0.571. The van der Waals surface area contributed by atoms with Crippen LogP contribution in [0.2, 0.25) is 0 Å². The van der Waals surface area contributed by atoms with Gasteiger partial charge in [0, 0.05) is 0 Å². The monoisotopic (exact) mass is 231 g/mol. The largest absolute Gasteiger partial charge is 0.310 e. The lowest BCUT2D eigenvalue weighted by atomic mass is 9.89. The van der Waals surface area contributed by atoms with Crippen molar-refractivity contribution in [3.63, 3.8) is 0 Å². The maximum atomic E-state index is 4.23. The molecule has 3 nitrogen and oxygen atoms in total. The molecule has 0 radical (unpaired) electrons. The lowest BCUT2D eigenvalue weighted by Crippen LogP contribution is -2.21. The average molecular weight is 231 g/mol. The Morgan fingerprint density at radius 2 is 2.06 bits per heavy atom. The Labute approximate surface area is 103 Å².